The fourth-order valence-corrected chi connectivity index (χ4v) is 3.06. The molecule has 1 fully saturated rings. The third-order valence-electron chi connectivity index (χ3n) is 4.38. The molecule has 2 rings (SSSR count). The Bertz CT molecular complexity index is 391. The average Bonchev–Trinajstić information content (AvgIpc) is 2.38. The second-order valence-corrected chi connectivity index (χ2v) is 6.64. The lowest BCUT2D eigenvalue weighted by Gasteiger charge is -2.36. The molecule has 18 heavy (non-hydrogen) atoms. The molecule has 1 aromatic carbocycles. The maximum atomic E-state index is 12.4. The van der Waals surface area contributed by atoms with Crippen molar-refractivity contribution in [2.75, 3.05) is 0 Å². The van der Waals surface area contributed by atoms with Gasteiger partial charge >= 0.3 is 0 Å². The van der Waals surface area contributed by atoms with Crippen molar-refractivity contribution in [2.45, 2.75) is 46.5 Å². The third kappa shape index (κ3) is 3.01. The number of rotatable bonds is 2. The smallest absolute Gasteiger partial charge is 0.165 e. The van der Waals surface area contributed by atoms with Gasteiger partial charge in [0.1, 0.15) is 0 Å². The predicted molar refractivity (Wildman–Crippen MR) is 75.7 cm³/mol. The summed E-state index contributed by atoms with van der Waals surface area (Å²) in [7, 11) is 0. The number of benzene rings is 1. The molecule has 1 heteroatoms. The average molecular weight is 244 g/mol. The zero-order valence-corrected chi connectivity index (χ0v) is 11.8. The molecule has 0 radical (unpaired) electrons. The Kier molecular flexibility index (Phi) is 3.89. The maximum absolute atomic E-state index is 12.4. The number of Topliss-reactive ketones (excluding diaryl/α,β-unsaturated/α-hetero) is 1. The van der Waals surface area contributed by atoms with Crippen molar-refractivity contribution in [3.05, 3.63) is 35.9 Å². The van der Waals surface area contributed by atoms with Gasteiger partial charge in [-0.2, -0.15) is 0 Å². The highest BCUT2D eigenvalue weighted by Crippen LogP contribution is 2.40. The molecule has 0 amide bonds. The summed E-state index contributed by atoms with van der Waals surface area (Å²) in [6.45, 7) is 6.95. The number of hydrogen-bond acceptors (Lipinski definition) is 1. The van der Waals surface area contributed by atoms with E-state index in [1.165, 1.54) is 12.8 Å². The zero-order valence-electron chi connectivity index (χ0n) is 11.8. The van der Waals surface area contributed by atoms with E-state index in [0.29, 0.717) is 11.2 Å². The molecule has 0 spiro atoms. The second-order valence-electron chi connectivity index (χ2n) is 6.64. The molecule has 0 saturated heterocycles. The Balaban J connectivity index is 1.96. The first-order valence-electron chi connectivity index (χ1n) is 7.08. The molecule has 1 nitrogen and oxygen atoms in total. The van der Waals surface area contributed by atoms with Crippen LogP contribution in [0.5, 0.6) is 0 Å². The van der Waals surface area contributed by atoms with Gasteiger partial charge in [-0.3, -0.25) is 4.79 Å². The second kappa shape index (κ2) is 5.26. The molecule has 1 saturated carbocycles. The highest BCUT2D eigenvalue weighted by atomic mass is 16.1. The lowest BCUT2D eigenvalue weighted by atomic mass is 9.69. The van der Waals surface area contributed by atoms with Gasteiger partial charge in [0.15, 0.2) is 5.78 Å². The molecule has 0 bridgehead atoms. The van der Waals surface area contributed by atoms with Crippen LogP contribution >= 0.6 is 0 Å². The molecule has 1 aliphatic carbocycles. The van der Waals surface area contributed by atoms with Crippen LogP contribution in [0.3, 0.4) is 0 Å². The Morgan fingerprint density at radius 2 is 1.56 bits per heavy atom. The van der Waals surface area contributed by atoms with E-state index in [0.717, 1.165) is 24.3 Å². The van der Waals surface area contributed by atoms with Gasteiger partial charge in [-0.25, -0.2) is 0 Å². The molecule has 98 valence electrons. The van der Waals surface area contributed by atoms with Gasteiger partial charge in [0.2, 0.25) is 0 Å². The Labute approximate surface area is 111 Å². The van der Waals surface area contributed by atoms with Gasteiger partial charge in [-0.05, 0) is 37.0 Å². The minimum absolute atomic E-state index is 0.256. The standard InChI is InChI=1S/C17H24O/c1-17(2,3)15-11-9-14(10-12-15)16(18)13-7-5-4-6-8-13/h4-8,14-15H,9-12H2,1-3H3/t14-,15+. The summed E-state index contributed by atoms with van der Waals surface area (Å²) < 4.78 is 0. The molecule has 0 N–H and O–H groups in total. The van der Waals surface area contributed by atoms with Crippen LogP contribution in [-0.4, -0.2) is 5.78 Å². The van der Waals surface area contributed by atoms with Crippen LogP contribution < -0.4 is 0 Å². The Hall–Kier alpha value is -1.11. The molecule has 1 aromatic rings. The van der Waals surface area contributed by atoms with E-state index in [-0.39, 0.29) is 5.92 Å². The van der Waals surface area contributed by atoms with Gasteiger partial charge in [0.05, 0.1) is 0 Å². The maximum Gasteiger partial charge on any atom is 0.165 e. The van der Waals surface area contributed by atoms with Gasteiger partial charge in [-0.1, -0.05) is 51.1 Å². The van der Waals surface area contributed by atoms with Crippen molar-refractivity contribution in [1.29, 1.82) is 0 Å². The van der Waals surface area contributed by atoms with Crippen LogP contribution in [0.2, 0.25) is 0 Å². The van der Waals surface area contributed by atoms with E-state index in [1.807, 2.05) is 30.3 Å². The first-order valence-corrected chi connectivity index (χ1v) is 7.08. The number of hydrogen-bond donors (Lipinski definition) is 0. The summed E-state index contributed by atoms with van der Waals surface area (Å²) in [6, 6.07) is 9.76. The van der Waals surface area contributed by atoms with E-state index in [2.05, 4.69) is 20.8 Å². The van der Waals surface area contributed by atoms with Crippen LogP contribution in [0.15, 0.2) is 30.3 Å². The highest BCUT2D eigenvalue weighted by Gasteiger charge is 2.32. The number of carbonyl (C=O) groups is 1. The molecular weight excluding hydrogens is 220 g/mol. The molecule has 0 unspecified atom stereocenters. The van der Waals surface area contributed by atoms with Crippen molar-refractivity contribution in [3.8, 4) is 0 Å². The molecule has 1 aliphatic rings. The Morgan fingerprint density at radius 3 is 2.06 bits per heavy atom. The lowest BCUT2D eigenvalue weighted by Crippen LogP contribution is -2.28. The van der Waals surface area contributed by atoms with E-state index in [4.69, 9.17) is 0 Å². The monoisotopic (exact) mass is 244 g/mol. The minimum Gasteiger partial charge on any atom is -0.294 e. The van der Waals surface area contributed by atoms with Crippen LogP contribution in [-0.2, 0) is 0 Å². The normalized spacial score (nSPS) is 24.8. The van der Waals surface area contributed by atoms with Gasteiger partial charge in [0, 0.05) is 11.5 Å². The zero-order chi connectivity index (χ0) is 13.2. The molecule has 0 aliphatic heterocycles. The molecule has 0 aromatic heterocycles. The summed E-state index contributed by atoms with van der Waals surface area (Å²) in [5, 5.41) is 0. The fourth-order valence-electron chi connectivity index (χ4n) is 3.06. The van der Waals surface area contributed by atoms with Crippen LogP contribution in [0.4, 0.5) is 0 Å². The van der Waals surface area contributed by atoms with Gasteiger partial charge in [0.25, 0.3) is 0 Å². The summed E-state index contributed by atoms with van der Waals surface area (Å²) in [5.74, 6) is 1.38. The minimum atomic E-state index is 0.256. The van der Waals surface area contributed by atoms with Crippen LogP contribution in [0, 0.1) is 17.3 Å². The van der Waals surface area contributed by atoms with Gasteiger partial charge < -0.3 is 0 Å². The largest absolute Gasteiger partial charge is 0.294 e. The topological polar surface area (TPSA) is 17.1 Å². The van der Waals surface area contributed by atoms with E-state index < -0.39 is 0 Å². The summed E-state index contributed by atoms with van der Waals surface area (Å²) in [4.78, 5) is 12.4. The Morgan fingerprint density at radius 1 is 1.00 bits per heavy atom. The fraction of sp³-hybridized carbons (Fsp3) is 0.588. The van der Waals surface area contributed by atoms with Crippen molar-refractivity contribution in [2.24, 2.45) is 17.3 Å². The van der Waals surface area contributed by atoms with E-state index >= 15 is 0 Å². The highest BCUT2D eigenvalue weighted by molar-refractivity contribution is 5.97. The van der Waals surface area contributed by atoms with Crippen molar-refractivity contribution in [1.82, 2.24) is 0 Å². The number of ketones is 1. The summed E-state index contributed by atoms with van der Waals surface area (Å²) in [6.07, 6.45) is 4.53. The van der Waals surface area contributed by atoms with Crippen molar-refractivity contribution < 1.29 is 4.79 Å². The first kappa shape index (κ1) is 13.3. The third-order valence-corrected chi connectivity index (χ3v) is 4.38. The van der Waals surface area contributed by atoms with Crippen LogP contribution in [0.1, 0.15) is 56.8 Å². The van der Waals surface area contributed by atoms with E-state index in [1.54, 1.807) is 0 Å². The van der Waals surface area contributed by atoms with E-state index in [9.17, 15) is 4.79 Å². The van der Waals surface area contributed by atoms with Crippen molar-refractivity contribution in [3.63, 3.8) is 0 Å². The summed E-state index contributed by atoms with van der Waals surface area (Å²) in [5.41, 5.74) is 1.28. The van der Waals surface area contributed by atoms with Crippen molar-refractivity contribution >= 4 is 5.78 Å². The molecule has 0 atom stereocenters. The first-order chi connectivity index (χ1) is 8.48. The van der Waals surface area contributed by atoms with Gasteiger partial charge in [-0.15, -0.1) is 0 Å². The lowest BCUT2D eigenvalue weighted by molar-refractivity contribution is 0.0819. The SMILES string of the molecule is CC(C)(C)[C@H]1CC[C@@H](C(=O)c2ccccc2)CC1. The van der Waals surface area contributed by atoms with Crippen LogP contribution in [0.25, 0.3) is 0 Å². The predicted octanol–water partition coefficient (Wildman–Crippen LogP) is 4.72. The molecule has 0 heterocycles. The quantitative estimate of drug-likeness (QED) is 0.688. The summed E-state index contributed by atoms with van der Waals surface area (Å²) >= 11 is 0. The molecular formula is C17H24O. The number of carbonyl (C=O) groups excluding carboxylic acids is 1.